The third kappa shape index (κ3) is 2.89. The molecular weight excluding hydrogens is 262 g/mol. The van der Waals surface area contributed by atoms with Crippen LogP contribution in [-0.2, 0) is 11.2 Å². The summed E-state index contributed by atoms with van der Waals surface area (Å²) in [4.78, 5) is 18.3. The van der Waals surface area contributed by atoms with Gasteiger partial charge in [0, 0.05) is 24.8 Å². The Morgan fingerprint density at radius 1 is 1.33 bits per heavy atom. The monoisotopic (exact) mass is 281 g/mol. The Morgan fingerprint density at radius 3 is 2.81 bits per heavy atom. The molecule has 4 nitrogen and oxygen atoms in total. The number of pyridine rings is 1. The number of carbonyl (C=O) groups excluding carboxylic acids is 1. The molecule has 1 amide bonds. The molecule has 0 spiro atoms. The first kappa shape index (κ1) is 13.6. The Morgan fingerprint density at radius 2 is 2.10 bits per heavy atom. The van der Waals surface area contributed by atoms with Gasteiger partial charge in [-0.25, -0.2) is 4.98 Å². The maximum Gasteiger partial charge on any atom is 0.227 e. The van der Waals surface area contributed by atoms with Crippen molar-refractivity contribution >= 4 is 17.4 Å². The van der Waals surface area contributed by atoms with E-state index >= 15 is 0 Å². The van der Waals surface area contributed by atoms with Gasteiger partial charge in [-0.2, -0.15) is 0 Å². The fraction of sp³-hybridized carbons (Fsp3) is 0.294. The van der Waals surface area contributed by atoms with Crippen molar-refractivity contribution in [2.75, 3.05) is 17.2 Å². The lowest BCUT2D eigenvalue weighted by molar-refractivity contribution is -0.117. The van der Waals surface area contributed by atoms with Crippen LogP contribution in [0.5, 0.6) is 0 Å². The fourth-order valence-corrected chi connectivity index (χ4v) is 2.86. The Kier molecular flexibility index (Phi) is 3.60. The number of benzene rings is 1. The number of para-hydroxylation sites is 1. The number of nitrogens with two attached hydrogens (primary N) is 1. The van der Waals surface area contributed by atoms with Gasteiger partial charge in [0.15, 0.2) is 0 Å². The molecule has 1 aromatic heterocycles. The summed E-state index contributed by atoms with van der Waals surface area (Å²) in [5.41, 5.74) is 8.87. The standard InChI is InChI=1S/C17H19N3O/c1-12-7-13(10-19-17(12)18)8-14-9-16(21)20(11-14)15-5-3-2-4-6-15/h2-7,10,14H,8-9,11H2,1H3,(H2,18,19). The highest BCUT2D eigenvalue weighted by Crippen LogP contribution is 2.27. The van der Waals surface area contributed by atoms with Gasteiger partial charge < -0.3 is 10.6 Å². The molecule has 1 aliphatic rings. The van der Waals surface area contributed by atoms with Crippen LogP contribution in [0.3, 0.4) is 0 Å². The van der Waals surface area contributed by atoms with E-state index in [2.05, 4.69) is 11.1 Å². The third-order valence-corrected chi connectivity index (χ3v) is 3.97. The highest BCUT2D eigenvalue weighted by molar-refractivity contribution is 5.95. The van der Waals surface area contributed by atoms with E-state index in [0.717, 1.165) is 29.8 Å². The average Bonchev–Trinajstić information content (AvgIpc) is 2.84. The fourth-order valence-electron chi connectivity index (χ4n) is 2.86. The van der Waals surface area contributed by atoms with Crippen LogP contribution in [0.15, 0.2) is 42.6 Å². The largest absolute Gasteiger partial charge is 0.383 e. The second-order valence-corrected chi connectivity index (χ2v) is 5.66. The van der Waals surface area contributed by atoms with E-state index in [4.69, 9.17) is 5.73 Å². The number of anilines is 2. The van der Waals surface area contributed by atoms with Crippen LogP contribution in [0.4, 0.5) is 11.5 Å². The van der Waals surface area contributed by atoms with Crippen molar-refractivity contribution in [1.29, 1.82) is 0 Å². The molecule has 0 bridgehead atoms. The van der Waals surface area contributed by atoms with Gasteiger partial charge in [0.1, 0.15) is 5.82 Å². The molecule has 1 aromatic carbocycles. The predicted molar refractivity (Wildman–Crippen MR) is 84.0 cm³/mol. The van der Waals surface area contributed by atoms with Gasteiger partial charge in [0.2, 0.25) is 5.91 Å². The van der Waals surface area contributed by atoms with Crippen molar-refractivity contribution in [1.82, 2.24) is 4.98 Å². The van der Waals surface area contributed by atoms with Gasteiger partial charge in [-0.3, -0.25) is 4.79 Å². The minimum atomic E-state index is 0.200. The molecule has 21 heavy (non-hydrogen) atoms. The molecule has 2 heterocycles. The molecule has 4 heteroatoms. The number of amides is 1. The maximum atomic E-state index is 12.2. The van der Waals surface area contributed by atoms with Crippen molar-refractivity contribution in [3.63, 3.8) is 0 Å². The number of hydrogen-bond acceptors (Lipinski definition) is 3. The quantitative estimate of drug-likeness (QED) is 0.940. The van der Waals surface area contributed by atoms with Gasteiger partial charge in [-0.05, 0) is 42.5 Å². The Balaban J connectivity index is 1.71. The molecule has 0 saturated carbocycles. The number of aryl methyl sites for hydroxylation is 1. The van der Waals surface area contributed by atoms with E-state index in [9.17, 15) is 4.79 Å². The summed E-state index contributed by atoms with van der Waals surface area (Å²) < 4.78 is 0. The van der Waals surface area contributed by atoms with Gasteiger partial charge in [0.05, 0.1) is 0 Å². The summed E-state index contributed by atoms with van der Waals surface area (Å²) in [5.74, 6) is 1.11. The molecule has 1 unspecified atom stereocenters. The zero-order chi connectivity index (χ0) is 14.8. The molecule has 2 N–H and O–H groups in total. The maximum absolute atomic E-state index is 12.2. The summed E-state index contributed by atoms with van der Waals surface area (Å²) in [7, 11) is 0. The zero-order valence-corrected chi connectivity index (χ0v) is 12.1. The summed E-state index contributed by atoms with van der Waals surface area (Å²) in [6, 6.07) is 11.9. The molecule has 1 fully saturated rings. The van der Waals surface area contributed by atoms with E-state index < -0.39 is 0 Å². The first-order valence-corrected chi connectivity index (χ1v) is 7.20. The molecule has 1 atom stereocenters. The number of carbonyl (C=O) groups is 1. The van der Waals surface area contributed by atoms with Crippen molar-refractivity contribution in [2.24, 2.45) is 5.92 Å². The minimum absolute atomic E-state index is 0.200. The molecular formula is C17H19N3O. The lowest BCUT2D eigenvalue weighted by Gasteiger charge is -2.16. The number of rotatable bonds is 3. The van der Waals surface area contributed by atoms with Gasteiger partial charge in [0.25, 0.3) is 0 Å². The van der Waals surface area contributed by atoms with Crippen LogP contribution in [0.2, 0.25) is 0 Å². The van der Waals surface area contributed by atoms with E-state index in [-0.39, 0.29) is 5.91 Å². The first-order chi connectivity index (χ1) is 10.1. The van der Waals surface area contributed by atoms with Crippen molar-refractivity contribution in [3.8, 4) is 0 Å². The SMILES string of the molecule is Cc1cc(CC2CC(=O)N(c3ccccc3)C2)cnc1N. The summed E-state index contributed by atoms with van der Waals surface area (Å²) in [6.45, 7) is 2.73. The van der Waals surface area contributed by atoms with E-state index in [1.807, 2.05) is 48.4 Å². The van der Waals surface area contributed by atoms with E-state index in [0.29, 0.717) is 18.2 Å². The number of aromatic nitrogens is 1. The van der Waals surface area contributed by atoms with Crippen LogP contribution >= 0.6 is 0 Å². The van der Waals surface area contributed by atoms with Crippen LogP contribution < -0.4 is 10.6 Å². The zero-order valence-electron chi connectivity index (χ0n) is 12.1. The summed E-state index contributed by atoms with van der Waals surface area (Å²) in [5, 5.41) is 0. The van der Waals surface area contributed by atoms with E-state index in [1.54, 1.807) is 0 Å². The first-order valence-electron chi connectivity index (χ1n) is 7.20. The Bertz CT molecular complexity index is 654. The molecule has 0 aliphatic carbocycles. The van der Waals surface area contributed by atoms with Gasteiger partial charge >= 0.3 is 0 Å². The second kappa shape index (κ2) is 5.56. The van der Waals surface area contributed by atoms with Crippen LogP contribution in [-0.4, -0.2) is 17.4 Å². The Labute approximate surface area is 124 Å². The van der Waals surface area contributed by atoms with Crippen LogP contribution in [0, 0.1) is 12.8 Å². The number of nitrogens with zero attached hydrogens (tertiary/aromatic N) is 2. The highest BCUT2D eigenvalue weighted by atomic mass is 16.2. The van der Waals surface area contributed by atoms with Crippen LogP contribution in [0.1, 0.15) is 17.5 Å². The van der Waals surface area contributed by atoms with Crippen molar-refractivity contribution in [3.05, 3.63) is 53.7 Å². The normalized spacial score (nSPS) is 18.2. The molecule has 2 aromatic rings. The van der Waals surface area contributed by atoms with Gasteiger partial charge in [-0.1, -0.05) is 24.3 Å². The summed E-state index contributed by atoms with van der Waals surface area (Å²) >= 11 is 0. The topological polar surface area (TPSA) is 59.2 Å². The third-order valence-electron chi connectivity index (χ3n) is 3.97. The average molecular weight is 281 g/mol. The second-order valence-electron chi connectivity index (χ2n) is 5.66. The molecule has 3 rings (SSSR count). The van der Waals surface area contributed by atoms with Crippen molar-refractivity contribution in [2.45, 2.75) is 19.8 Å². The lowest BCUT2D eigenvalue weighted by Crippen LogP contribution is -2.24. The molecule has 1 aliphatic heterocycles. The smallest absolute Gasteiger partial charge is 0.227 e. The molecule has 1 saturated heterocycles. The van der Waals surface area contributed by atoms with E-state index in [1.165, 1.54) is 0 Å². The summed E-state index contributed by atoms with van der Waals surface area (Å²) in [6.07, 6.45) is 3.28. The predicted octanol–water partition coefficient (Wildman–Crippen LogP) is 2.57. The Hall–Kier alpha value is -2.36. The molecule has 108 valence electrons. The number of hydrogen-bond donors (Lipinski definition) is 1. The molecule has 0 radical (unpaired) electrons. The lowest BCUT2D eigenvalue weighted by atomic mass is 9.99. The van der Waals surface area contributed by atoms with Crippen molar-refractivity contribution < 1.29 is 4.79 Å². The van der Waals surface area contributed by atoms with Crippen LogP contribution in [0.25, 0.3) is 0 Å². The number of nitrogen functional groups attached to an aromatic ring is 1. The van der Waals surface area contributed by atoms with Gasteiger partial charge in [-0.15, -0.1) is 0 Å². The minimum Gasteiger partial charge on any atom is -0.383 e. The highest BCUT2D eigenvalue weighted by Gasteiger charge is 2.30.